The molecule has 1 N–H and O–H groups in total. The average molecular weight is 297 g/mol. The smallest absolute Gasteiger partial charge is 0.252 e. The van der Waals surface area contributed by atoms with Crippen LogP contribution >= 0.6 is 0 Å². The van der Waals surface area contributed by atoms with Crippen LogP contribution in [0.15, 0.2) is 42.5 Å². The molecule has 3 rings (SSSR count). The summed E-state index contributed by atoms with van der Waals surface area (Å²) >= 11 is 0. The van der Waals surface area contributed by atoms with E-state index in [0.717, 1.165) is 0 Å². The van der Waals surface area contributed by atoms with Gasteiger partial charge in [-0.05, 0) is 23.8 Å². The first-order chi connectivity index (χ1) is 10.6. The number of benzene rings is 2. The maximum Gasteiger partial charge on any atom is 0.252 e. The lowest BCUT2D eigenvalue weighted by atomic mass is 10.1. The predicted molar refractivity (Wildman–Crippen MR) is 77.5 cm³/mol. The molecule has 0 radical (unpaired) electrons. The van der Waals surface area contributed by atoms with Gasteiger partial charge in [0.05, 0.1) is 6.04 Å². The van der Waals surface area contributed by atoms with Gasteiger partial charge >= 0.3 is 0 Å². The van der Waals surface area contributed by atoms with Crippen molar-refractivity contribution in [3.63, 3.8) is 0 Å². The molecule has 2 aromatic carbocycles. The van der Waals surface area contributed by atoms with Crippen molar-refractivity contribution in [2.75, 3.05) is 0 Å². The van der Waals surface area contributed by atoms with E-state index in [1.807, 2.05) is 0 Å². The number of rotatable bonds is 3. The predicted octanol–water partition coefficient (Wildman–Crippen LogP) is 2.18. The highest BCUT2D eigenvalue weighted by Crippen LogP contribution is 2.23. The fourth-order valence-corrected chi connectivity index (χ4v) is 2.62. The molecule has 1 aliphatic rings. The van der Waals surface area contributed by atoms with Gasteiger partial charge in [0.25, 0.3) is 5.91 Å². The van der Waals surface area contributed by atoms with Crippen LogP contribution in [0.5, 0.6) is 0 Å². The van der Waals surface area contributed by atoms with E-state index < -0.39 is 17.8 Å². The normalized spacial score (nSPS) is 16.2. The van der Waals surface area contributed by atoms with Crippen LogP contribution in [0.2, 0.25) is 0 Å². The van der Waals surface area contributed by atoms with Crippen LogP contribution in [0.1, 0.15) is 36.6 Å². The van der Waals surface area contributed by atoms with E-state index >= 15 is 0 Å². The van der Waals surface area contributed by atoms with Crippen molar-refractivity contribution in [1.82, 2.24) is 5.32 Å². The van der Waals surface area contributed by atoms with Crippen molar-refractivity contribution in [3.8, 4) is 0 Å². The number of hydrogen-bond donors (Lipinski definition) is 1. The molecule has 0 aromatic heterocycles. The first-order valence-corrected chi connectivity index (χ1v) is 6.78. The Morgan fingerprint density at radius 2 is 2.00 bits per heavy atom. The second-order valence-corrected chi connectivity index (χ2v) is 5.10. The minimum absolute atomic E-state index is 0.215. The molecule has 0 fully saturated rings. The van der Waals surface area contributed by atoms with Crippen LogP contribution < -0.4 is 5.32 Å². The molecule has 0 spiro atoms. The van der Waals surface area contributed by atoms with Gasteiger partial charge in [0.2, 0.25) is 0 Å². The summed E-state index contributed by atoms with van der Waals surface area (Å²) in [4.78, 5) is 35.4. The summed E-state index contributed by atoms with van der Waals surface area (Å²) in [5, 5.41) is 2.62. The van der Waals surface area contributed by atoms with E-state index in [1.54, 1.807) is 18.2 Å². The number of hydrogen-bond acceptors (Lipinski definition) is 3. The topological polar surface area (TPSA) is 63.2 Å². The van der Waals surface area contributed by atoms with E-state index in [0.29, 0.717) is 23.8 Å². The summed E-state index contributed by atoms with van der Waals surface area (Å²) in [6.07, 6.45) is 0.916. The van der Waals surface area contributed by atoms with E-state index in [-0.39, 0.29) is 16.9 Å². The average Bonchev–Trinajstić information content (AvgIpc) is 2.83. The number of amides is 1. The maximum absolute atomic E-state index is 13.2. The summed E-state index contributed by atoms with van der Waals surface area (Å²) in [6.45, 7) is 0. The summed E-state index contributed by atoms with van der Waals surface area (Å²) < 4.78 is 13.2. The van der Waals surface area contributed by atoms with Crippen molar-refractivity contribution in [2.45, 2.75) is 12.5 Å². The van der Waals surface area contributed by atoms with Crippen molar-refractivity contribution in [1.29, 1.82) is 0 Å². The molecule has 0 heterocycles. The number of carbonyl (C=O) groups excluding carboxylic acids is 3. The third-order valence-electron chi connectivity index (χ3n) is 3.72. The Balaban J connectivity index is 1.82. The Morgan fingerprint density at radius 3 is 2.77 bits per heavy atom. The Bertz CT molecular complexity index is 785. The largest absolute Gasteiger partial charge is 0.341 e. The number of Topliss-reactive ketones (excluding diaryl/α,β-unsaturated/α-hetero) is 1. The zero-order valence-corrected chi connectivity index (χ0v) is 11.5. The summed E-state index contributed by atoms with van der Waals surface area (Å²) in [7, 11) is 0. The van der Waals surface area contributed by atoms with Crippen molar-refractivity contribution >= 4 is 18.0 Å². The number of nitrogens with one attached hydrogen (secondary N) is 1. The Labute approximate surface area is 126 Å². The van der Waals surface area contributed by atoms with Crippen LogP contribution in [0, 0.1) is 5.82 Å². The first-order valence-electron chi connectivity index (χ1n) is 6.78. The summed E-state index contributed by atoms with van der Waals surface area (Å²) in [5.74, 6) is -1.29. The number of fused-ring (bicyclic) bond motifs is 1. The van der Waals surface area contributed by atoms with Gasteiger partial charge in [-0.3, -0.25) is 14.4 Å². The SMILES string of the molecule is O=Cc1ccccc1C(=O)NC1Cc2ccc(F)cc2C1=O. The van der Waals surface area contributed by atoms with Gasteiger partial charge in [-0.2, -0.15) is 0 Å². The van der Waals surface area contributed by atoms with Crippen LogP contribution in [-0.2, 0) is 6.42 Å². The zero-order chi connectivity index (χ0) is 15.7. The Kier molecular flexibility index (Phi) is 3.55. The summed E-state index contributed by atoms with van der Waals surface area (Å²) in [5.41, 5.74) is 1.48. The fourth-order valence-electron chi connectivity index (χ4n) is 2.62. The number of aldehydes is 1. The van der Waals surface area contributed by atoms with Crippen molar-refractivity contribution in [3.05, 3.63) is 70.5 Å². The van der Waals surface area contributed by atoms with Gasteiger partial charge in [-0.25, -0.2) is 4.39 Å². The number of halogens is 1. The molecule has 110 valence electrons. The molecule has 0 saturated heterocycles. The molecule has 4 nitrogen and oxygen atoms in total. The number of carbonyl (C=O) groups is 3. The molecule has 1 atom stereocenters. The molecule has 0 bridgehead atoms. The molecular formula is C17H12FNO3. The quantitative estimate of drug-likeness (QED) is 0.883. The van der Waals surface area contributed by atoms with Gasteiger partial charge in [0.1, 0.15) is 5.82 Å². The molecule has 0 saturated carbocycles. The van der Waals surface area contributed by atoms with Crippen molar-refractivity contribution < 1.29 is 18.8 Å². The van der Waals surface area contributed by atoms with Crippen LogP contribution in [0.3, 0.4) is 0 Å². The van der Waals surface area contributed by atoms with Gasteiger partial charge in [-0.1, -0.05) is 24.3 Å². The lowest BCUT2D eigenvalue weighted by Crippen LogP contribution is -2.39. The Hall–Kier alpha value is -2.82. The standard InChI is InChI=1S/C17H12FNO3/c18-12-6-5-10-7-15(16(21)14(10)8-12)19-17(22)13-4-2-1-3-11(13)9-20/h1-6,8-9,15H,7H2,(H,19,22). The third-order valence-corrected chi connectivity index (χ3v) is 3.72. The highest BCUT2D eigenvalue weighted by Gasteiger charge is 2.32. The van der Waals surface area contributed by atoms with Gasteiger partial charge in [0.15, 0.2) is 12.1 Å². The second-order valence-electron chi connectivity index (χ2n) is 5.10. The van der Waals surface area contributed by atoms with E-state index in [1.165, 1.54) is 24.3 Å². The highest BCUT2D eigenvalue weighted by molar-refractivity contribution is 6.09. The van der Waals surface area contributed by atoms with Crippen LogP contribution in [-0.4, -0.2) is 24.0 Å². The van der Waals surface area contributed by atoms with Gasteiger partial charge in [0, 0.05) is 23.1 Å². The molecule has 5 heteroatoms. The van der Waals surface area contributed by atoms with Gasteiger partial charge < -0.3 is 5.32 Å². The zero-order valence-electron chi connectivity index (χ0n) is 11.5. The van der Waals surface area contributed by atoms with Crippen molar-refractivity contribution in [2.24, 2.45) is 0 Å². The monoisotopic (exact) mass is 297 g/mol. The molecule has 1 unspecified atom stereocenters. The minimum atomic E-state index is -0.732. The Morgan fingerprint density at radius 1 is 1.23 bits per heavy atom. The molecule has 1 amide bonds. The third kappa shape index (κ3) is 2.41. The second kappa shape index (κ2) is 5.52. The molecular weight excluding hydrogens is 285 g/mol. The molecule has 1 aliphatic carbocycles. The van der Waals surface area contributed by atoms with Gasteiger partial charge in [-0.15, -0.1) is 0 Å². The summed E-state index contributed by atoms with van der Waals surface area (Å²) in [6, 6.07) is 9.63. The van der Waals surface area contributed by atoms with Crippen LogP contribution in [0.25, 0.3) is 0 Å². The minimum Gasteiger partial charge on any atom is -0.341 e. The lowest BCUT2D eigenvalue weighted by Gasteiger charge is -2.12. The van der Waals surface area contributed by atoms with E-state index in [9.17, 15) is 18.8 Å². The lowest BCUT2D eigenvalue weighted by molar-refractivity contribution is 0.0866. The van der Waals surface area contributed by atoms with Crippen LogP contribution in [0.4, 0.5) is 4.39 Å². The molecule has 22 heavy (non-hydrogen) atoms. The molecule has 2 aromatic rings. The maximum atomic E-state index is 13.2. The number of ketones is 1. The van der Waals surface area contributed by atoms with E-state index in [2.05, 4.69) is 5.32 Å². The van der Waals surface area contributed by atoms with E-state index in [4.69, 9.17) is 0 Å². The highest BCUT2D eigenvalue weighted by atomic mass is 19.1. The molecule has 0 aliphatic heterocycles. The first kappa shape index (κ1) is 14.1. The fraction of sp³-hybridized carbons (Fsp3) is 0.118.